The highest BCUT2D eigenvalue weighted by atomic mass is 19.1. The highest BCUT2D eigenvalue weighted by Crippen LogP contribution is 2.14. The van der Waals surface area contributed by atoms with E-state index in [2.05, 4.69) is 0 Å². The van der Waals surface area contributed by atoms with Crippen LogP contribution in [0.5, 0.6) is 11.5 Å². The molecule has 0 bridgehead atoms. The first-order valence-corrected chi connectivity index (χ1v) is 6.50. The molecule has 0 aromatic heterocycles. The van der Waals surface area contributed by atoms with E-state index in [1.165, 1.54) is 24.3 Å². The Morgan fingerprint density at radius 3 is 2.24 bits per heavy atom. The van der Waals surface area contributed by atoms with Gasteiger partial charge in [-0.15, -0.1) is 0 Å². The third-order valence-electron chi connectivity index (χ3n) is 2.70. The van der Waals surface area contributed by atoms with Crippen molar-refractivity contribution in [2.24, 2.45) is 0 Å². The lowest BCUT2D eigenvalue weighted by molar-refractivity contribution is 0.0696. The fourth-order valence-electron chi connectivity index (χ4n) is 1.71. The maximum absolute atomic E-state index is 12.9. The second kappa shape index (κ2) is 7.28. The molecule has 0 heterocycles. The number of carboxylic acid groups (broad SMARTS) is 1. The molecule has 0 amide bonds. The molecule has 0 spiro atoms. The van der Waals surface area contributed by atoms with Crippen molar-refractivity contribution in [1.82, 2.24) is 0 Å². The lowest BCUT2D eigenvalue weighted by Gasteiger charge is -2.08. The molecule has 0 aliphatic rings. The van der Waals surface area contributed by atoms with Gasteiger partial charge in [0.25, 0.3) is 0 Å². The van der Waals surface area contributed by atoms with Gasteiger partial charge in [0, 0.05) is 12.5 Å². The van der Waals surface area contributed by atoms with Crippen molar-refractivity contribution in [2.45, 2.75) is 6.42 Å². The summed E-state index contributed by atoms with van der Waals surface area (Å²) in [6, 6.07) is 12.2. The van der Waals surface area contributed by atoms with Gasteiger partial charge in [-0.05, 0) is 30.3 Å². The summed E-state index contributed by atoms with van der Waals surface area (Å²) in [6.45, 7) is 0.778. The maximum atomic E-state index is 12.9. The third kappa shape index (κ3) is 4.80. The van der Waals surface area contributed by atoms with Crippen molar-refractivity contribution >= 4 is 5.97 Å². The van der Waals surface area contributed by atoms with Gasteiger partial charge in [0.2, 0.25) is 0 Å². The molecular formula is C16H15FO4. The van der Waals surface area contributed by atoms with Crippen LogP contribution in [0.1, 0.15) is 16.8 Å². The third-order valence-corrected chi connectivity index (χ3v) is 2.70. The number of hydrogen-bond acceptors (Lipinski definition) is 3. The van der Waals surface area contributed by atoms with Crippen LogP contribution in [0.25, 0.3) is 0 Å². The first-order chi connectivity index (χ1) is 10.1. The smallest absolute Gasteiger partial charge is 0.335 e. The first-order valence-electron chi connectivity index (χ1n) is 6.50. The number of benzene rings is 2. The Morgan fingerprint density at radius 1 is 1.00 bits per heavy atom. The fraction of sp³-hybridized carbons (Fsp3) is 0.188. The van der Waals surface area contributed by atoms with Crippen molar-refractivity contribution in [3.63, 3.8) is 0 Å². The molecule has 5 heteroatoms. The summed E-state index contributed by atoms with van der Waals surface area (Å²) >= 11 is 0. The number of aromatic carboxylic acids is 1. The van der Waals surface area contributed by atoms with Gasteiger partial charge in [-0.1, -0.05) is 12.1 Å². The van der Waals surface area contributed by atoms with Crippen LogP contribution in [0, 0.1) is 5.82 Å². The molecule has 2 aromatic rings. The summed E-state index contributed by atoms with van der Waals surface area (Å²) in [4.78, 5) is 10.8. The molecule has 0 aliphatic carbocycles. The molecule has 0 aliphatic heterocycles. The number of ether oxygens (including phenoxy) is 2. The Bertz CT molecular complexity index is 613. The Balaban J connectivity index is 1.72. The summed E-state index contributed by atoms with van der Waals surface area (Å²) in [6.07, 6.45) is 0.605. The van der Waals surface area contributed by atoms with Gasteiger partial charge in [0.1, 0.15) is 17.3 Å². The molecule has 0 fully saturated rings. The van der Waals surface area contributed by atoms with E-state index in [1.54, 1.807) is 24.3 Å². The summed E-state index contributed by atoms with van der Waals surface area (Å²) in [5, 5.41) is 8.86. The van der Waals surface area contributed by atoms with Crippen LogP contribution in [0.4, 0.5) is 4.39 Å². The molecule has 21 heavy (non-hydrogen) atoms. The molecule has 0 saturated heterocycles. The second-order valence-electron chi connectivity index (χ2n) is 4.34. The zero-order valence-corrected chi connectivity index (χ0v) is 11.3. The summed E-state index contributed by atoms with van der Waals surface area (Å²) in [7, 11) is 0. The molecular weight excluding hydrogens is 275 g/mol. The van der Waals surface area contributed by atoms with Crippen LogP contribution in [-0.2, 0) is 0 Å². The van der Waals surface area contributed by atoms with Crippen molar-refractivity contribution in [2.75, 3.05) is 13.2 Å². The number of carboxylic acids is 1. The van der Waals surface area contributed by atoms with E-state index in [-0.39, 0.29) is 11.4 Å². The normalized spacial score (nSPS) is 10.1. The van der Waals surface area contributed by atoms with Crippen LogP contribution in [0.2, 0.25) is 0 Å². The predicted octanol–water partition coefficient (Wildman–Crippen LogP) is 3.37. The topological polar surface area (TPSA) is 55.8 Å². The van der Waals surface area contributed by atoms with Crippen molar-refractivity contribution < 1.29 is 23.8 Å². The SMILES string of the molecule is O=C(O)c1cccc(OCCCOc2cccc(F)c2)c1. The lowest BCUT2D eigenvalue weighted by atomic mass is 10.2. The molecule has 0 saturated carbocycles. The van der Waals surface area contributed by atoms with Crippen LogP contribution < -0.4 is 9.47 Å². The zero-order chi connectivity index (χ0) is 15.1. The van der Waals surface area contributed by atoms with Gasteiger partial charge in [-0.3, -0.25) is 0 Å². The molecule has 0 unspecified atom stereocenters. The lowest BCUT2D eigenvalue weighted by Crippen LogP contribution is -2.05. The molecule has 4 nitrogen and oxygen atoms in total. The number of carbonyl (C=O) groups is 1. The molecule has 2 rings (SSSR count). The Morgan fingerprint density at radius 2 is 1.62 bits per heavy atom. The average Bonchev–Trinajstić information content (AvgIpc) is 2.47. The van der Waals surface area contributed by atoms with Crippen molar-refractivity contribution in [1.29, 1.82) is 0 Å². The van der Waals surface area contributed by atoms with Gasteiger partial charge in [-0.2, -0.15) is 0 Å². The van der Waals surface area contributed by atoms with Crippen LogP contribution in [0.3, 0.4) is 0 Å². The highest BCUT2D eigenvalue weighted by Gasteiger charge is 2.03. The van der Waals surface area contributed by atoms with E-state index < -0.39 is 5.97 Å². The van der Waals surface area contributed by atoms with E-state index in [0.29, 0.717) is 31.1 Å². The van der Waals surface area contributed by atoms with E-state index >= 15 is 0 Å². The first kappa shape index (κ1) is 14.8. The van der Waals surface area contributed by atoms with E-state index in [4.69, 9.17) is 14.6 Å². The van der Waals surface area contributed by atoms with E-state index in [1.807, 2.05) is 0 Å². The largest absolute Gasteiger partial charge is 0.493 e. The molecule has 0 atom stereocenters. The minimum Gasteiger partial charge on any atom is -0.493 e. The number of hydrogen-bond donors (Lipinski definition) is 1. The minimum atomic E-state index is -0.991. The molecule has 110 valence electrons. The summed E-state index contributed by atoms with van der Waals surface area (Å²) < 4.78 is 23.7. The minimum absolute atomic E-state index is 0.184. The van der Waals surface area contributed by atoms with Gasteiger partial charge in [0.15, 0.2) is 0 Å². The highest BCUT2D eigenvalue weighted by molar-refractivity contribution is 5.87. The average molecular weight is 290 g/mol. The van der Waals surface area contributed by atoms with Gasteiger partial charge < -0.3 is 14.6 Å². The van der Waals surface area contributed by atoms with E-state index in [9.17, 15) is 9.18 Å². The van der Waals surface area contributed by atoms with Gasteiger partial charge in [-0.25, -0.2) is 9.18 Å². The number of rotatable bonds is 7. The molecule has 1 N–H and O–H groups in total. The zero-order valence-electron chi connectivity index (χ0n) is 11.3. The van der Waals surface area contributed by atoms with Crippen LogP contribution >= 0.6 is 0 Å². The van der Waals surface area contributed by atoms with Crippen LogP contribution in [0.15, 0.2) is 48.5 Å². The Hall–Kier alpha value is -2.56. The summed E-state index contributed by atoms with van der Waals surface area (Å²) in [5.41, 5.74) is 0.184. The second-order valence-corrected chi connectivity index (χ2v) is 4.34. The number of halogens is 1. The van der Waals surface area contributed by atoms with Gasteiger partial charge >= 0.3 is 5.97 Å². The Labute approximate surface area is 121 Å². The molecule has 0 radical (unpaired) electrons. The quantitative estimate of drug-likeness (QED) is 0.794. The standard InChI is InChI=1S/C16H15FO4/c17-13-5-2-7-15(11-13)21-9-3-8-20-14-6-1-4-12(10-14)16(18)19/h1-2,4-7,10-11H,3,8-9H2,(H,18,19). The Kier molecular flexibility index (Phi) is 5.15. The molecule has 2 aromatic carbocycles. The van der Waals surface area contributed by atoms with Crippen LogP contribution in [-0.4, -0.2) is 24.3 Å². The van der Waals surface area contributed by atoms with Crippen molar-refractivity contribution in [3.8, 4) is 11.5 Å². The van der Waals surface area contributed by atoms with Crippen molar-refractivity contribution in [3.05, 3.63) is 59.9 Å². The monoisotopic (exact) mass is 290 g/mol. The maximum Gasteiger partial charge on any atom is 0.335 e. The fourth-order valence-corrected chi connectivity index (χ4v) is 1.71. The van der Waals surface area contributed by atoms with Gasteiger partial charge in [0.05, 0.1) is 18.8 Å². The predicted molar refractivity (Wildman–Crippen MR) is 75.4 cm³/mol. The summed E-state index contributed by atoms with van der Waals surface area (Å²) in [5.74, 6) is -0.354. The van der Waals surface area contributed by atoms with E-state index in [0.717, 1.165) is 0 Å².